The van der Waals surface area contributed by atoms with Gasteiger partial charge in [-0.25, -0.2) is 9.97 Å². The molecule has 1 N–H and O–H groups in total. The number of aryl methyl sites for hydroxylation is 2. The van der Waals surface area contributed by atoms with Gasteiger partial charge in [0, 0.05) is 36.6 Å². The minimum atomic E-state index is -0.123. The smallest absolute Gasteiger partial charge is 0.251 e. The lowest BCUT2D eigenvalue weighted by atomic mass is 9.90. The van der Waals surface area contributed by atoms with E-state index in [0.29, 0.717) is 5.82 Å². The van der Waals surface area contributed by atoms with Gasteiger partial charge >= 0.3 is 0 Å². The number of nitrogens with one attached hydrogen (secondary N) is 1. The molecule has 1 aliphatic rings. The fourth-order valence-electron chi connectivity index (χ4n) is 4.15. The molecule has 3 heterocycles. The second-order valence-corrected chi connectivity index (χ2v) is 8.16. The molecule has 1 saturated heterocycles. The first-order chi connectivity index (χ1) is 15.1. The van der Waals surface area contributed by atoms with Gasteiger partial charge in [-0.3, -0.25) is 4.79 Å². The molecule has 1 aliphatic heterocycles. The van der Waals surface area contributed by atoms with Crippen molar-refractivity contribution in [1.29, 1.82) is 0 Å². The van der Waals surface area contributed by atoms with Gasteiger partial charge in [-0.15, -0.1) is 0 Å². The Labute approximate surface area is 183 Å². The van der Waals surface area contributed by atoms with E-state index in [4.69, 9.17) is 4.74 Å². The number of aromatic amines is 1. The van der Waals surface area contributed by atoms with Crippen LogP contribution in [0.3, 0.4) is 0 Å². The lowest BCUT2D eigenvalue weighted by Crippen LogP contribution is -2.34. The first kappa shape index (κ1) is 21.1. The number of hydrogen-bond acceptors (Lipinski definition) is 5. The Kier molecular flexibility index (Phi) is 6.65. The molecule has 6 heteroatoms. The summed E-state index contributed by atoms with van der Waals surface area (Å²) >= 11 is 0. The van der Waals surface area contributed by atoms with Crippen LogP contribution in [-0.4, -0.2) is 35.2 Å². The van der Waals surface area contributed by atoms with Crippen molar-refractivity contribution >= 4 is 5.82 Å². The number of anilines is 1. The van der Waals surface area contributed by atoms with Crippen LogP contribution in [0.5, 0.6) is 5.75 Å². The van der Waals surface area contributed by atoms with Crippen molar-refractivity contribution in [3.63, 3.8) is 0 Å². The Balaban J connectivity index is 1.31. The Morgan fingerprint density at radius 1 is 1.13 bits per heavy atom. The number of rotatable bonds is 7. The predicted octanol–water partition coefficient (Wildman–Crippen LogP) is 4.25. The number of piperidine rings is 1. The maximum atomic E-state index is 11.8. The van der Waals surface area contributed by atoms with Gasteiger partial charge in [0.1, 0.15) is 17.4 Å². The van der Waals surface area contributed by atoms with E-state index < -0.39 is 0 Å². The van der Waals surface area contributed by atoms with E-state index in [1.165, 1.54) is 24.8 Å². The van der Waals surface area contributed by atoms with Crippen molar-refractivity contribution in [3.8, 4) is 17.1 Å². The van der Waals surface area contributed by atoms with E-state index in [1.807, 2.05) is 37.4 Å². The zero-order chi connectivity index (χ0) is 21.6. The minimum absolute atomic E-state index is 0.123. The van der Waals surface area contributed by atoms with Gasteiger partial charge in [-0.2, -0.15) is 0 Å². The zero-order valence-electron chi connectivity index (χ0n) is 18.3. The van der Waals surface area contributed by atoms with Crippen LogP contribution < -0.4 is 15.2 Å². The monoisotopic (exact) mass is 418 g/mol. The number of H-pyrrole nitrogens is 1. The first-order valence-electron chi connectivity index (χ1n) is 11.1. The van der Waals surface area contributed by atoms with Gasteiger partial charge in [-0.05, 0) is 67.9 Å². The van der Waals surface area contributed by atoms with Crippen molar-refractivity contribution in [2.75, 3.05) is 25.1 Å². The number of nitrogens with zero attached hydrogens (tertiary/aromatic N) is 3. The van der Waals surface area contributed by atoms with Gasteiger partial charge in [0.15, 0.2) is 0 Å². The van der Waals surface area contributed by atoms with Crippen molar-refractivity contribution in [3.05, 3.63) is 70.3 Å². The molecule has 0 aliphatic carbocycles. The maximum absolute atomic E-state index is 11.8. The lowest BCUT2D eigenvalue weighted by molar-refractivity contribution is 0.380. The first-order valence-corrected chi connectivity index (χ1v) is 11.1. The maximum Gasteiger partial charge on any atom is 0.251 e. The van der Waals surface area contributed by atoms with E-state index in [9.17, 15) is 4.79 Å². The number of pyridine rings is 1. The molecule has 2 aromatic heterocycles. The summed E-state index contributed by atoms with van der Waals surface area (Å²) < 4.78 is 5.23. The molecule has 0 atom stereocenters. The highest BCUT2D eigenvalue weighted by atomic mass is 16.5. The average molecular weight is 419 g/mol. The highest BCUT2D eigenvalue weighted by Gasteiger charge is 2.20. The standard InChI is InChI=1S/C25H30N4O2/c1-3-21-16-24(30)28-25(27-21)20-8-11-23(26-17-20)29-14-12-19(13-15-29)5-4-18-6-9-22(31-2)10-7-18/h6-11,16-17,19H,3-5,12-15H2,1-2H3,(H,27,28,30). The Hall–Kier alpha value is -3.15. The van der Waals surface area contributed by atoms with Crippen LogP contribution in [0.4, 0.5) is 5.82 Å². The van der Waals surface area contributed by atoms with Crippen molar-refractivity contribution in [1.82, 2.24) is 15.0 Å². The molecular weight excluding hydrogens is 388 g/mol. The second-order valence-electron chi connectivity index (χ2n) is 8.16. The summed E-state index contributed by atoms with van der Waals surface area (Å²) in [6.45, 7) is 4.05. The molecule has 0 amide bonds. The molecule has 162 valence electrons. The van der Waals surface area contributed by atoms with Crippen LogP contribution in [-0.2, 0) is 12.8 Å². The van der Waals surface area contributed by atoms with Gasteiger partial charge in [-0.1, -0.05) is 19.1 Å². The normalized spacial score (nSPS) is 14.6. The van der Waals surface area contributed by atoms with Gasteiger partial charge in [0.05, 0.1) is 7.11 Å². The topological polar surface area (TPSA) is 71.1 Å². The van der Waals surface area contributed by atoms with Crippen molar-refractivity contribution < 1.29 is 4.74 Å². The molecule has 31 heavy (non-hydrogen) atoms. The molecule has 0 bridgehead atoms. The largest absolute Gasteiger partial charge is 0.497 e. The molecule has 4 rings (SSSR count). The number of benzene rings is 1. The van der Waals surface area contributed by atoms with E-state index in [0.717, 1.165) is 54.7 Å². The van der Waals surface area contributed by atoms with Crippen LogP contribution >= 0.6 is 0 Å². The molecule has 1 fully saturated rings. The SMILES string of the molecule is CCc1cc(=O)[nH]c(-c2ccc(N3CCC(CCc4ccc(OC)cc4)CC3)nc2)n1. The molecular formula is C25H30N4O2. The molecule has 3 aromatic rings. The summed E-state index contributed by atoms with van der Waals surface area (Å²) in [6.07, 6.45) is 7.25. The third-order valence-corrected chi connectivity index (χ3v) is 6.12. The molecule has 0 radical (unpaired) electrons. The van der Waals surface area contributed by atoms with E-state index in [1.54, 1.807) is 13.2 Å². The minimum Gasteiger partial charge on any atom is -0.497 e. The third-order valence-electron chi connectivity index (χ3n) is 6.12. The quantitative estimate of drug-likeness (QED) is 0.621. The summed E-state index contributed by atoms with van der Waals surface area (Å²) in [5.74, 6) is 3.24. The van der Waals surface area contributed by atoms with Crippen LogP contribution in [0.2, 0.25) is 0 Å². The van der Waals surface area contributed by atoms with Crippen LogP contribution in [0.25, 0.3) is 11.4 Å². The van der Waals surface area contributed by atoms with Gasteiger partial charge in [0.2, 0.25) is 0 Å². The summed E-state index contributed by atoms with van der Waals surface area (Å²) in [6, 6.07) is 14.0. The summed E-state index contributed by atoms with van der Waals surface area (Å²) in [4.78, 5) is 26.2. The average Bonchev–Trinajstić information content (AvgIpc) is 2.83. The zero-order valence-corrected chi connectivity index (χ0v) is 18.3. The molecule has 6 nitrogen and oxygen atoms in total. The van der Waals surface area contributed by atoms with Gasteiger partial charge < -0.3 is 14.6 Å². The fourth-order valence-corrected chi connectivity index (χ4v) is 4.15. The van der Waals surface area contributed by atoms with Crippen molar-refractivity contribution in [2.24, 2.45) is 5.92 Å². The lowest BCUT2D eigenvalue weighted by Gasteiger charge is -2.33. The number of hydrogen-bond donors (Lipinski definition) is 1. The molecule has 0 spiro atoms. The van der Waals surface area contributed by atoms with Crippen LogP contribution in [0, 0.1) is 5.92 Å². The van der Waals surface area contributed by atoms with E-state index in [-0.39, 0.29) is 5.56 Å². The Morgan fingerprint density at radius 3 is 2.55 bits per heavy atom. The van der Waals surface area contributed by atoms with E-state index >= 15 is 0 Å². The Bertz CT molecular complexity index is 1040. The molecule has 0 unspecified atom stereocenters. The van der Waals surface area contributed by atoms with Crippen LogP contribution in [0.1, 0.15) is 37.4 Å². The Morgan fingerprint density at radius 2 is 1.90 bits per heavy atom. The number of methoxy groups -OCH3 is 1. The molecule has 0 saturated carbocycles. The second kappa shape index (κ2) is 9.77. The fraction of sp³-hybridized carbons (Fsp3) is 0.400. The van der Waals surface area contributed by atoms with Crippen LogP contribution in [0.15, 0.2) is 53.5 Å². The summed E-state index contributed by atoms with van der Waals surface area (Å²) in [7, 11) is 1.70. The van der Waals surface area contributed by atoms with Crippen molar-refractivity contribution in [2.45, 2.75) is 39.0 Å². The molecule has 1 aromatic carbocycles. The number of ether oxygens (including phenoxy) is 1. The summed E-state index contributed by atoms with van der Waals surface area (Å²) in [5.41, 5.74) is 2.88. The third kappa shape index (κ3) is 5.32. The van der Waals surface area contributed by atoms with Gasteiger partial charge in [0.25, 0.3) is 5.56 Å². The highest BCUT2D eigenvalue weighted by molar-refractivity contribution is 5.56. The highest BCUT2D eigenvalue weighted by Crippen LogP contribution is 2.26. The van der Waals surface area contributed by atoms with E-state index in [2.05, 4.69) is 32.0 Å². The number of aromatic nitrogens is 3. The summed E-state index contributed by atoms with van der Waals surface area (Å²) in [5, 5.41) is 0. The predicted molar refractivity (Wildman–Crippen MR) is 124 cm³/mol.